The van der Waals surface area contributed by atoms with E-state index in [0.29, 0.717) is 0 Å². The van der Waals surface area contributed by atoms with Crippen LogP contribution in [-0.2, 0) is 38.4 Å². The number of hydrogen-bond acceptors (Lipinski definition) is 16. The van der Waals surface area contributed by atoms with Crippen LogP contribution < -0.4 is 99.9 Å². The molecule has 0 aromatic heterocycles. The number of carbonyl (C=O) groups excluding carboxylic acids is 8. The number of nitrogens with one attached hydrogen (secondary N) is 8. The van der Waals surface area contributed by atoms with E-state index in [4.69, 9.17) is 57.3 Å². The lowest BCUT2D eigenvalue weighted by molar-refractivity contribution is -0.135. The molecular formula is C48H81F4N23O8S2. The monoisotopic (exact) mass is 1250 g/mol. The Morgan fingerprint density at radius 3 is 1.01 bits per heavy atom. The van der Waals surface area contributed by atoms with Crippen molar-refractivity contribution in [3.05, 3.63) is 23.3 Å². The molecule has 7 amide bonds. The number of carbonyl (C=O) groups is 8. The summed E-state index contributed by atoms with van der Waals surface area (Å²) in [4.78, 5) is 130. The van der Waals surface area contributed by atoms with Crippen LogP contribution in [0, 0.1) is 29.2 Å². The maximum atomic E-state index is 16.0. The molecule has 2 aliphatic heterocycles. The molecule has 7 unspecified atom stereocenters. The molecule has 7 atom stereocenters. The number of ketones is 1. The van der Waals surface area contributed by atoms with Crippen molar-refractivity contribution in [3.8, 4) is 0 Å². The largest absolute Gasteiger partial charge is 0.370 e. The van der Waals surface area contributed by atoms with Gasteiger partial charge in [-0.1, -0.05) is 13.8 Å². The number of thioether (sulfide) groups is 2. The Morgan fingerprint density at radius 2 is 0.741 bits per heavy atom. The Bertz CT molecular complexity index is 2590. The van der Waals surface area contributed by atoms with Crippen molar-refractivity contribution in [3.63, 3.8) is 0 Å². The molecule has 0 fully saturated rings. The molecule has 37 heteroatoms. The van der Waals surface area contributed by atoms with Gasteiger partial charge in [0, 0.05) is 50.1 Å². The summed E-state index contributed by atoms with van der Waals surface area (Å²) in [6, 6.07) is -11.1. The van der Waals surface area contributed by atoms with Crippen molar-refractivity contribution >= 4 is 100 Å². The molecule has 0 saturated heterocycles. The average Bonchev–Trinajstić information content (AvgIpc) is 2.27. The molecule has 1 aromatic carbocycles. The van der Waals surface area contributed by atoms with Crippen molar-refractivity contribution < 1.29 is 55.9 Å². The highest BCUT2D eigenvalue weighted by molar-refractivity contribution is 7.99. The number of rotatable bonds is 25. The Morgan fingerprint density at radius 1 is 0.471 bits per heavy atom. The van der Waals surface area contributed by atoms with Crippen LogP contribution in [0.15, 0.2) is 34.8 Å². The highest BCUT2D eigenvalue weighted by Crippen LogP contribution is 2.36. The van der Waals surface area contributed by atoms with Crippen LogP contribution in [0.1, 0.15) is 78.1 Å². The van der Waals surface area contributed by atoms with Gasteiger partial charge in [0.25, 0.3) is 0 Å². The fourth-order valence-corrected chi connectivity index (χ4v) is 9.73. The van der Waals surface area contributed by atoms with Crippen LogP contribution in [0.2, 0.25) is 0 Å². The lowest BCUT2D eigenvalue weighted by Crippen LogP contribution is -2.60. The van der Waals surface area contributed by atoms with E-state index < -0.39 is 146 Å². The summed E-state index contributed by atoms with van der Waals surface area (Å²) < 4.78 is 64.0. The molecule has 0 spiro atoms. The zero-order valence-corrected chi connectivity index (χ0v) is 49.1. The van der Waals surface area contributed by atoms with Crippen LogP contribution in [0.25, 0.3) is 0 Å². The topological polar surface area (TPSA) is 555 Å². The molecule has 28 N–H and O–H groups in total. The number of nitrogens with zero attached hydrogens (tertiary/aromatic N) is 5. The molecule has 476 valence electrons. The van der Waals surface area contributed by atoms with E-state index in [1.165, 1.54) is 20.9 Å². The third kappa shape index (κ3) is 27.0. The molecule has 0 aliphatic carbocycles. The maximum absolute atomic E-state index is 16.0. The summed E-state index contributed by atoms with van der Waals surface area (Å²) in [7, 11) is 1.27. The minimum absolute atomic E-state index is 0.00427. The molecule has 2 bridgehead atoms. The fraction of sp³-hybridized carbons (Fsp3) is 0.604. The lowest BCUT2D eigenvalue weighted by atomic mass is 10.0. The summed E-state index contributed by atoms with van der Waals surface area (Å²) in [5.74, 6) is -18.8. The first-order valence-electron chi connectivity index (χ1n) is 26.8. The van der Waals surface area contributed by atoms with Crippen molar-refractivity contribution in [1.82, 2.24) is 42.5 Å². The predicted molar refractivity (Wildman–Crippen MR) is 315 cm³/mol. The standard InChI is InChI=1S/C48H81F4N23O8S2/c1-22(2)30(76)19-69-37(77)29-21-85-36-33(51)31(49)35(32(50)34(36)52)84-20-28(63-3)43(83)74-26(12-7-17-67-47(59)60)41(81)72-24(10-5-15-65-45(55)56)39(79)70-23(9-4-14-64-44(53)54)38(78)71-25(11-6-16-66-46(57)58)40(80)73-27(42(82)75-29)13-8-18-68-48(61)62/h22-29,63H,4-21H2,1-3H3,(H,69,77)(H,70,79)(H,71,78)(H,72,81)(H,73,80)(H,74,83)(H,75,82)(H4,53,54,64)(H4,55,56,65)(H4,57,58,66)(H4,59,60,67)(H4,61,62,68). The second kappa shape index (κ2) is 38.0. The zero-order valence-electron chi connectivity index (χ0n) is 47.5. The summed E-state index contributed by atoms with van der Waals surface area (Å²) in [6.07, 6.45) is -1.05. The Labute approximate surface area is 496 Å². The number of hydrogen-bond donors (Lipinski definition) is 18. The van der Waals surface area contributed by atoms with Crippen LogP contribution in [0.5, 0.6) is 0 Å². The molecule has 0 saturated carbocycles. The van der Waals surface area contributed by atoms with Gasteiger partial charge in [-0.05, 0) is 71.3 Å². The summed E-state index contributed by atoms with van der Waals surface area (Å²) >= 11 is 0.262. The fourth-order valence-electron chi connectivity index (χ4n) is 7.65. The number of aliphatic imine (C=N–C) groups is 5. The molecule has 3 rings (SSSR count). The third-order valence-corrected chi connectivity index (χ3v) is 14.5. The number of Topliss-reactive ketones (excluding diaryl/α,β-unsaturated/α-hetero) is 1. The summed E-state index contributed by atoms with van der Waals surface area (Å²) in [5.41, 5.74) is 55.2. The zero-order chi connectivity index (χ0) is 63.9. The smallest absolute Gasteiger partial charge is 0.243 e. The highest BCUT2D eigenvalue weighted by Gasteiger charge is 2.36. The van der Waals surface area contributed by atoms with Crippen molar-refractivity contribution in [2.45, 2.75) is 130 Å². The van der Waals surface area contributed by atoms with Crippen molar-refractivity contribution in [2.24, 2.45) is 88.2 Å². The number of halogens is 4. The Balaban J connectivity index is 3.00. The van der Waals surface area contributed by atoms with Crippen molar-refractivity contribution in [2.75, 3.05) is 57.8 Å². The van der Waals surface area contributed by atoms with E-state index in [0.717, 1.165) is 0 Å². The van der Waals surface area contributed by atoms with Gasteiger partial charge >= 0.3 is 0 Å². The molecule has 2 aliphatic rings. The maximum Gasteiger partial charge on any atom is 0.243 e. The van der Waals surface area contributed by atoms with Crippen LogP contribution in [-0.4, -0.2) is 177 Å². The Hall–Kier alpha value is -8.09. The van der Waals surface area contributed by atoms with Gasteiger partial charge in [-0.2, -0.15) is 0 Å². The average molecular weight is 1250 g/mol. The number of benzene rings is 1. The van der Waals surface area contributed by atoms with Gasteiger partial charge in [0.15, 0.2) is 58.8 Å². The summed E-state index contributed by atoms with van der Waals surface area (Å²) in [6.45, 7) is 2.13. The predicted octanol–water partition coefficient (Wildman–Crippen LogP) is -5.45. The molecule has 0 radical (unpaired) electrons. The number of amides is 7. The summed E-state index contributed by atoms with van der Waals surface area (Å²) in [5, 5.41) is 20.2. The minimum atomic E-state index is -1.92. The lowest BCUT2D eigenvalue weighted by Gasteiger charge is -2.28. The first-order chi connectivity index (χ1) is 40.1. The van der Waals surface area contributed by atoms with E-state index >= 15 is 17.6 Å². The molecular weight excluding hydrogens is 1170 g/mol. The number of fused-ring (bicyclic) bond motifs is 24. The van der Waals surface area contributed by atoms with Gasteiger partial charge in [-0.25, -0.2) is 17.6 Å². The van der Waals surface area contributed by atoms with Gasteiger partial charge in [0.1, 0.15) is 36.3 Å². The SMILES string of the molecule is CNC1CSc2c(F)c(F)c(c(F)c2F)SCC(C(=O)NCC(=O)C(C)C)NC(=O)C(CCCN=C(N)N)NC(=O)C(CCCN=C(N)N)NC(=O)C(CCCN=C(N)N)NC(=O)C(CCCN=C(N)N)NC(=O)C(CCCN=C(N)N)NC1=O. The molecule has 85 heavy (non-hydrogen) atoms. The van der Waals surface area contributed by atoms with Crippen molar-refractivity contribution in [1.29, 1.82) is 0 Å². The number of guanidine groups is 5. The van der Waals surface area contributed by atoms with Crippen LogP contribution in [0.4, 0.5) is 17.6 Å². The quantitative estimate of drug-likeness (QED) is 0.0108. The minimum Gasteiger partial charge on any atom is -0.370 e. The molecule has 2 heterocycles. The van der Waals surface area contributed by atoms with Gasteiger partial charge in [0.2, 0.25) is 41.4 Å². The number of likely N-dealkylation sites (N-methyl/N-ethyl adjacent to an activating group) is 1. The Kier molecular flexibility index (Phi) is 32.6. The van der Waals surface area contributed by atoms with Crippen LogP contribution in [0.3, 0.4) is 0 Å². The highest BCUT2D eigenvalue weighted by atomic mass is 32.2. The second-order valence-electron chi connectivity index (χ2n) is 19.3. The number of nitrogens with two attached hydrogens (primary N) is 10. The van der Waals surface area contributed by atoms with Gasteiger partial charge in [-0.15, -0.1) is 23.5 Å². The van der Waals surface area contributed by atoms with Gasteiger partial charge in [-0.3, -0.25) is 63.3 Å². The second-order valence-corrected chi connectivity index (χ2v) is 21.4. The van der Waals surface area contributed by atoms with Crippen LogP contribution >= 0.6 is 23.5 Å². The molecule has 31 nitrogen and oxygen atoms in total. The van der Waals surface area contributed by atoms with E-state index in [1.807, 2.05) is 0 Å². The van der Waals surface area contributed by atoms with Gasteiger partial charge < -0.3 is 99.9 Å². The van der Waals surface area contributed by atoms with E-state index in [9.17, 15) is 38.4 Å². The van der Waals surface area contributed by atoms with E-state index in [-0.39, 0.29) is 150 Å². The normalized spacial score (nSPS) is 20.4. The molecule has 1 aromatic rings. The first kappa shape index (κ1) is 73.0. The first-order valence-corrected chi connectivity index (χ1v) is 28.7. The van der Waals surface area contributed by atoms with E-state index in [1.54, 1.807) is 0 Å². The third-order valence-electron chi connectivity index (χ3n) is 12.2. The van der Waals surface area contributed by atoms with Gasteiger partial charge in [0.05, 0.1) is 22.4 Å². The van der Waals surface area contributed by atoms with E-state index in [2.05, 4.69) is 67.5 Å².